The molecule has 3 aromatic rings. The second-order valence-electron chi connectivity index (χ2n) is 12.5. The van der Waals surface area contributed by atoms with Crippen LogP contribution < -0.4 is 39.9 Å². The summed E-state index contributed by atoms with van der Waals surface area (Å²) in [5.74, 6) is 1.91. The van der Waals surface area contributed by atoms with E-state index >= 15 is 0 Å². The van der Waals surface area contributed by atoms with Gasteiger partial charge in [0.05, 0.1) is 40.2 Å². The maximum absolute atomic E-state index is 13.9. The third kappa shape index (κ3) is 7.00. The molecule has 2 atom stereocenters. The van der Waals surface area contributed by atoms with Crippen LogP contribution in [0.3, 0.4) is 0 Å². The minimum absolute atomic E-state index is 0.0492. The van der Waals surface area contributed by atoms with Crippen LogP contribution in [0.1, 0.15) is 44.4 Å². The summed E-state index contributed by atoms with van der Waals surface area (Å²) in [5.41, 5.74) is 4.20. The molecule has 2 N–H and O–H groups in total. The molecule has 11 nitrogen and oxygen atoms in total. The molecule has 0 bridgehead atoms. The molecule has 1 aliphatic carbocycles. The maximum atomic E-state index is 13.9. The Morgan fingerprint density at radius 2 is 1.54 bits per heavy atom. The monoisotopic (exact) mass is 658 g/mol. The Morgan fingerprint density at radius 3 is 2.12 bits per heavy atom. The number of carbonyl (C=O) groups excluding carboxylic acids is 2. The van der Waals surface area contributed by atoms with Crippen LogP contribution in [-0.4, -0.2) is 77.4 Å². The lowest BCUT2D eigenvalue weighted by Gasteiger charge is -2.38. The highest BCUT2D eigenvalue weighted by molar-refractivity contribution is 5.86. The smallest absolute Gasteiger partial charge is 0.245 e. The number of aryl methyl sites for hydroxylation is 1. The van der Waals surface area contributed by atoms with E-state index in [9.17, 15) is 14.4 Å². The number of fused-ring (bicyclic) bond motifs is 3. The molecule has 1 aliphatic heterocycles. The second-order valence-corrected chi connectivity index (χ2v) is 12.5. The molecule has 11 heteroatoms. The summed E-state index contributed by atoms with van der Waals surface area (Å²) in [6, 6.07) is 14.0. The number of anilines is 2. The molecular formula is C37H46N4O7. The number of hydrogen-bond donors (Lipinski definition) is 2. The Labute approximate surface area is 282 Å². The minimum Gasteiger partial charge on any atom is -0.497 e. The van der Waals surface area contributed by atoms with Crippen molar-refractivity contribution in [1.29, 1.82) is 0 Å². The Kier molecular flexibility index (Phi) is 10.7. The van der Waals surface area contributed by atoms with Crippen molar-refractivity contribution in [2.24, 2.45) is 5.92 Å². The lowest BCUT2D eigenvalue weighted by molar-refractivity contribution is -0.133. The van der Waals surface area contributed by atoms with Gasteiger partial charge in [-0.1, -0.05) is 19.9 Å². The Bertz CT molecular complexity index is 1700. The van der Waals surface area contributed by atoms with Gasteiger partial charge >= 0.3 is 0 Å². The van der Waals surface area contributed by atoms with Gasteiger partial charge < -0.3 is 39.4 Å². The lowest BCUT2D eigenvalue weighted by Crippen LogP contribution is -2.54. The standard InChI is InChI=1S/C37H46N4O7/c1-22(2)34(37(44)41-18-16-40(17-19-41)25-9-11-26(45-4)12-10-25)39-30-15-13-27-28(21-31(30)43)29(38-23(3)42)14-8-24-20-32(46-5)35(47-6)36(48-7)33(24)27/h9-13,15,20-22,29,34H,8,14,16-19H2,1-7H3,(H,38,42)(H,39,43). The molecule has 5 rings (SSSR count). The van der Waals surface area contributed by atoms with E-state index in [1.165, 1.54) is 6.92 Å². The summed E-state index contributed by atoms with van der Waals surface area (Å²) >= 11 is 0. The van der Waals surface area contributed by atoms with Crippen LogP contribution in [0, 0.1) is 5.92 Å². The van der Waals surface area contributed by atoms with Crippen LogP contribution in [0.25, 0.3) is 11.1 Å². The average Bonchev–Trinajstić information content (AvgIpc) is 3.33. The number of nitrogens with zero attached hydrogens (tertiary/aromatic N) is 2. The van der Waals surface area contributed by atoms with E-state index in [1.807, 2.05) is 55.1 Å². The van der Waals surface area contributed by atoms with Crippen molar-refractivity contribution >= 4 is 23.2 Å². The summed E-state index contributed by atoms with van der Waals surface area (Å²) in [6.45, 7) is 7.94. The topological polar surface area (TPSA) is 119 Å². The van der Waals surface area contributed by atoms with E-state index in [0.717, 1.165) is 28.1 Å². The SMILES string of the molecule is COc1ccc(N2CCN(C(=O)C(Nc3ccc4c(cc3=O)C(NC(C)=O)CCc3cc(OC)c(OC)c(OC)c3-4)C(C)C)CC2)cc1. The van der Waals surface area contributed by atoms with Gasteiger partial charge in [0.25, 0.3) is 0 Å². The molecule has 1 heterocycles. The summed E-state index contributed by atoms with van der Waals surface area (Å²) in [6.07, 6.45) is 1.16. The molecule has 0 aromatic heterocycles. The van der Waals surface area contributed by atoms with Gasteiger partial charge in [0.15, 0.2) is 11.5 Å². The highest BCUT2D eigenvalue weighted by Crippen LogP contribution is 2.50. The van der Waals surface area contributed by atoms with Crippen molar-refractivity contribution in [2.75, 3.05) is 64.8 Å². The molecule has 3 aromatic carbocycles. The van der Waals surface area contributed by atoms with Gasteiger partial charge in [0.1, 0.15) is 11.8 Å². The lowest BCUT2D eigenvalue weighted by atomic mass is 9.95. The predicted octanol–water partition coefficient (Wildman–Crippen LogP) is 4.66. The molecule has 2 amide bonds. The highest BCUT2D eigenvalue weighted by Gasteiger charge is 2.32. The molecule has 1 fully saturated rings. The number of nitrogens with one attached hydrogen (secondary N) is 2. The van der Waals surface area contributed by atoms with Gasteiger partial charge in [-0.05, 0) is 77.9 Å². The molecular weight excluding hydrogens is 612 g/mol. The maximum Gasteiger partial charge on any atom is 0.245 e. The van der Waals surface area contributed by atoms with Crippen molar-refractivity contribution in [3.63, 3.8) is 0 Å². The number of carbonyl (C=O) groups is 2. The number of amides is 2. The number of rotatable bonds is 10. The zero-order valence-corrected chi connectivity index (χ0v) is 28.8. The van der Waals surface area contributed by atoms with Gasteiger partial charge in [-0.2, -0.15) is 0 Å². The van der Waals surface area contributed by atoms with Crippen molar-refractivity contribution in [2.45, 2.75) is 45.7 Å². The fourth-order valence-corrected chi connectivity index (χ4v) is 6.68. The van der Waals surface area contributed by atoms with Crippen LogP contribution in [-0.2, 0) is 16.0 Å². The molecule has 48 heavy (non-hydrogen) atoms. The van der Waals surface area contributed by atoms with E-state index in [0.29, 0.717) is 67.5 Å². The quantitative estimate of drug-likeness (QED) is 0.321. The minimum atomic E-state index is -0.621. The fourth-order valence-electron chi connectivity index (χ4n) is 6.68. The first-order chi connectivity index (χ1) is 23.1. The molecule has 1 saturated heterocycles. The number of ether oxygens (including phenoxy) is 4. The number of methoxy groups -OCH3 is 4. The number of hydrogen-bond acceptors (Lipinski definition) is 9. The van der Waals surface area contributed by atoms with E-state index in [-0.39, 0.29) is 23.2 Å². The van der Waals surface area contributed by atoms with Gasteiger partial charge in [-0.25, -0.2) is 0 Å². The van der Waals surface area contributed by atoms with Crippen LogP contribution in [0.5, 0.6) is 23.0 Å². The summed E-state index contributed by atoms with van der Waals surface area (Å²) in [5, 5.41) is 6.35. The van der Waals surface area contributed by atoms with E-state index in [4.69, 9.17) is 18.9 Å². The molecule has 256 valence electrons. The second kappa shape index (κ2) is 14.9. The predicted molar refractivity (Wildman–Crippen MR) is 187 cm³/mol. The molecule has 0 saturated carbocycles. The van der Waals surface area contributed by atoms with Crippen molar-refractivity contribution in [3.8, 4) is 34.1 Å². The van der Waals surface area contributed by atoms with Gasteiger partial charge in [-0.3, -0.25) is 14.4 Å². The van der Waals surface area contributed by atoms with E-state index < -0.39 is 12.1 Å². The fraction of sp³-hybridized carbons (Fsp3) is 0.432. The third-order valence-corrected chi connectivity index (χ3v) is 9.19. The van der Waals surface area contributed by atoms with Gasteiger partial charge in [-0.15, -0.1) is 0 Å². The Balaban J connectivity index is 1.48. The molecule has 0 radical (unpaired) electrons. The first-order valence-corrected chi connectivity index (χ1v) is 16.3. The average molecular weight is 659 g/mol. The number of benzene rings is 2. The normalized spacial score (nSPS) is 16.2. The zero-order chi connectivity index (χ0) is 34.5. The van der Waals surface area contributed by atoms with Crippen molar-refractivity contribution < 1.29 is 28.5 Å². The Hall–Kier alpha value is -4.93. The van der Waals surface area contributed by atoms with Crippen LogP contribution >= 0.6 is 0 Å². The summed E-state index contributed by atoms with van der Waals surface area (Å²) < 4.78 is 22.5. The Morgan fingerprint density at radius 1 is 0.854 bits per heavy atom. The van der Waals surface area contributed by atoms with Gasteiger partial charge in [0.2, 0.25) is 23.0 Å². The zero-order valence-electron chi connectivity index (χ0n) is 28.8. The summed E-state index contributed by atoms with van der Waals surface area (Å²) in [4.78, 5) is 44.3. The largest absolute Gasteiger partial charge is 0.497 e. The van der Waals surface area contributed by atoms with Gasteiger partial charge in [0, 0.05) is 44.4 Å². The first-order valence-electron chi connectivity index (χ1n) is 16.3. The number of piperazine rings is 1. The molecule has 0 spiro atoms. The van der Waals surface area contributed by atoms with Crippen LogP contribution in [0.2, 0.25) is 0 Å². The molecule has 2 unspecified atom stereocenters. The van der Waals surface area contributed by atoms with E-state index in [2.05, 4.69) is 15.5 Å². The van der Waals surface area contributed by atoms with Crippen LogP contribution in [0.4, 0.5) is 11.4 Å². The third-order valence-electron chi connectivity index (χ3n) is 9.19. The summed E-state index contributed by atoms with van der Waals surface area (Å²) in [7, 11) is 6.34. The molecule has 2 aliphatic rings. The van der Waals surface area contributed by atoms with Crippen molar-refractivity contribution in [3.05, 3.63) is 69.9 Å². The highest BCUT2D eigenvalue weighted by atomic mass is 16.5. The van der Waals surface area contributed by atoms with Crippen LogP contribution in [0.15, 0.2) is 53.3 Å². The first kappa shape index (κ1) is 34.4. The van der Waals surface area contributed by atoms with E-state index in [1.54, 1.807) is 40.6 Å². The van der Waals surface area contributed by atoms with Crippen molar-refractivity contribution in [1.82, 2.24) is 10.2 Å².